The lowest BCUT2D eigenvalue weighted by molar-refractivity contribution is -0.182. The number of nitrogens with zero attached hydrogens (tertiary/aromatic N) is 3. The molecule has 29 heavy (non-hydrogen) atoms. The van der Waals surface area contributed by atoms with Crippen LogP contribution in [0, 0.1) is 23.2 Å². The molecule has 4 aliphatic carbocycles. The minimum atomic E-state index is -0.341. The average molecular weight is 464 g/mol. The van der Waals surface area contributed by atoms with Crippen molar-refractivity contribution < 1.29 is 19.1 Å². The van der Waals surface area contributed by atoms with E-state index in [-0.39, 0.29) is 41.3 Å². The summed E-state index contributed by atoms with van der Waals surface area (Å²) in [4.78, 5) is 35.9. The number of hydrogen-bond donors (Lipinski definition) is 0. The second-order valence-electron chi connectivity index (χ2n) is 9.28. The topological polar surface area (TPSA) is 81.6 Å². The summed E-state index contributed by atoms with van der Waals surface area (Å²) in [5.41, 5.74) is -0.341. The molecule has 0 spiro atoms. The van der Waals surface area contributed by atoms with Crippen LogP contribution >= 0.6 is 15.9 Å². The molecule has 6 rings (SSSR count). The maximum Gasteiger partial charge on any atom is 0.410 e. The number of amides is 1. The smallest absolute Gasteiger partial charge is 0.410 e. The number of ether oxygens (including phenoxy) is 2. The molecule has 0 radical (unpaired) electrons. The fourth-order valence-electron chi connectivity index (χ4n) is 6.50. The van der Waals surface area contributed by atoms with Gasteiger partial charge in [-0.05, 0) is 72.2 Å². The molecule has 3 unspecified atom stereocenters. The molecule has 1 aromatic heterocycles. The van der Waals surface area contributed by atoms with Gasteiger partial charge in [0.2, 0.25) is 0 Å². The summed E-state index contributed by atoms with van der Waals surface area (Å²) in [6.45, 7) is 1.26. The zero-order valence-electron chi connectivity index (χ0n) is 16.6. The van der Waals surface area contributed by atoms with E-state index in [1.54, 1.807) is 17.3 Å². The number of likely N-dealkylation sites (tertiary alicyclic amines) is 1. The predicted molar refractivity (Wildman–Crippen MR) is 107 cm³/mol. The van der Waals surface area contributed by atoms with Gasteiger partial charge >= 0.3 is 12.1 Å². The maximum atomic E-state index is 12.9. The Balaban J connectivity index is 1.23. The van der Waals surface area contributed by atoms with Gasteiger partial charge < -0.3 is 14.4 Å². The molecule has 1 amide bonds. The Bertz CT molecular complexity index is 801. The number of methoxy groups -OCH3 is 1. The molecule has 156 valence electrons. The first-order chi connectivity index (χ1) is 14.0. The van der Waals surface area contributed by atoms with Crippen LogP contribution in [0.2, 0.25) is 0 Å². The van der Waals surface area contributed by atoms with E-state index >= 15 is 0 Å². The van der Waals surface area contributed by atoms with E-state index < -0.39 is 0 Å². The van der Waals surface area contributed by atoms with Crippen molar-refractivity contribution in [1.29, 1.82) is 0 Å². The maximum absolute atomic E-state index is 12.9. The summed E-state index contributed by atoms with van der Waals surface area (Å²) in [5.74, 6) is 1.97. The van der Waals surface area contributed by atoms with Crippen molar-refractivity contribution >= 4 is 28.0 Å². The van der Waals surface area contributed by atoms with E-state index in [4.69, 9.17) is 9.47 Å². The third-order valence-corrected chi connectivity index (χ3v) is 7.90. The predicted octanol–water partition coefficient (Wildman–Crippen LogP) is 3.53. The zero-order chi connectivity index (χ0) is 20.2. The van der Waals surface area contributed by atoms with Gasteiger partial charge in [-0.1, -0.05) is 0 Å². The molecule has 0 N–H and O–H groups in total. The highest BCUT2D eigenvalue weighted by atomic mass is 79.9. The summed E-state index contributed by atoms with van der Waals surface area (Å²) >= 11 is 3.35. The minimum Gasteiger partial charge on any atom is -0.469 e. The average Bonchev–Trinajstić information content (AvgIpc) is 3.20. The molecule has 8 heteroatoms. The van der Waals surface area contributed by atoms with Gasteiger partial charge in [-0.15, -0.1) is 0 Å². The van der Waals surface area contributed by atoms with Gasteiger partial charge in [0.05, 0.1) is 17.0 Å². The standard InChI is InChI=1S/C21H26BrN3O4/c1-28-19(26)21-6-12-4-14(7-21)17(15(5-12)8-21)29-20(27)25-3-2-13(11-25)18-23-9-16(22)10-24-18/h9-10,12-15,17H,2-8,11H2,1H3. The van der Waals surface area contributed by atoms with E-state index in [1.165, 1.54) is 7.11 Å². The Morgan fingerprint density at radius 2 is 1.86 bits per heavy atom. The molecular formula is C21H26BrN3O4. The molecular weight excluding hydrogens is 438 g/mol. The van der Waals surface area contributed by atoms with Crippen molar-refractivity contribution in [2.24, 2.45) is 23.2 Å². The number of aromatic nitrogens is 2. The molecule has 1 saturated heterocycles. The Hall–Kier alpha value is -1.70. The number of rotatable bonds is 3. The SMILES string of the molecule is COC(=O)C12CC3CC(C1)C(OC(=O)N1CCC(c4ncc(Br)cn4)C1)C(C3)C2. The van der Waals surface area contributed by atoms with Gasteiger partial charge in [-0.25, -0.2) is 14.8 Å². The molecule has 1 aliphatic heterocycles. The van der Waals surface area contributed by atoms with Crippen LogP contribution in [-0.2, 0) is 14.3 Å². The Morgan fingerprint density at radius 3 is 2.52 bits per heavy atom. The van der Waals surface area contributed by atoms with Crippen molar-refractivity contribution in [3.8, 4) is 0 Å². The molecule has 3 atom stereocenters. The molecule has 7 nitrogen and oxygen atoms in total. The second-order valence-corrected chi connectivity index (χ2v) is 10.2. The summed E-state index contributed by atoms with van der Waals surface area (Å²) in [5, 5.41) is 0. The van der Waals surface area contributed by atoms with Crippen LogP contribution < -0.4 is 0 Å². The first-order valence-electron chi connectivity index (χ1n) is 10.5. The highest BCUT2D eigenvalue weighted by Crippen LogP contribution is 2.61. The number of halogens is 1. The van der Waals surface area contributed by atoms with E-state index in [0.29, 0.717) is 19.0 Å². The van der Waals surface area contributed by atoms with E-state index in [9.17, 15) is 9.59 Å². The van der Waals surface area contributed by atoms with Crippen LogP contribution in [0.25, 0.3) is 0 Å². The highest BCUT2D eigenvalue weighted by Gasteiger charge is 2.60. The summed E-state index contributed by atoms with van der Waals surface area (Å²) in [6.07, 6.45) is 8.68. The van der Waals surface area contributed by atoms with Gasteiger partial charge in [0.15, 0.2) is 0 Å². The molecule has 4 saturated carbocycles. The Labute approximate surface area is 178 Å². The van der Waals surface area contributed by atoms with Crippen molar-refractivity contribution in [3.05, 3.63) is 22.7 Å². The van der Waals surface area contributed by atoms with Crippen LogP contribution in [0.3, 0.4) is 0 Å². The lowest BCUT2D eigenvalue weighted by Crippen LogP contribution is -2.58. The summed E-state index contributed by atoms with van der Waals surface area (Å²) in [6, 6.07) is 0. The zero-order valence-corrected chi connectivity index (χ0v) is 18.1. The van der Waals surface area contributed by atoms with Gasteiger partial charge in [-0.3, -0.25) is 4.79 Å². The Morgan fingerprint density at radius 1 is 1.17 bits per heavy atom. The largest absolute Gasteiger partial charge is 0.469 e. The second kappa shape index (κ2) is 7.22. The highest BCUT2D eigenvalue weighted by molar-refractivity contribution is 9.10. The fourth-order valence-corrected chi connectivity index (χ4v) is 6.70. The van der Waals surface area contributed by atoms with E-state index in [1.807, 2.05) is 0 Å². The molecule has 5 fully saturated rings. The normalized spacial score (nSPS) is 37.6. The summed E-state index contributed by atoms with van der Waals surface area (Å²) in [7, 11) is 1.48. The van der Waals surface area contributed by atoms with E-state index in [2.05, 4.69) is 25.9 Å². The quantitative estimate of drug-likeness (QED) is 0.637. The van der Waals surface area contributed by atoms with Crippen LogP contribution in [-0.4, -0.2) is 53.2 Å². The molecule has 1 aromatic rings. The van der Waals surface area contributed by atoms with Crippen LogP contribution in [0.1, 0.15) is 50.3 Å². The van der Waals surface area contributed by atoms with E-state index in [0.717, 1.165) is 48.8 Å². The molecule has 5 aliphatic rings. The molecule has 0 aromatic carbocycles. The van der Waals surface area contributed by atoms with Gasteiger partial charge in [0.25, 0.3) is 0 Å². The Kier molecular flexibility index (Phi) is 4.80. The van der Waals surface area contributed by atoms with Crippen LogP contribution in [0.4, 0.5) is 4.79 Å². The number of carbonyl (C=O) groups is 2. The van der Waals surface area contributed by atoms with Crippen molar-refractivity contribution in [2.45, 2.75) is 50.5 Å². The van der Waals surface area contributed by atoms with Crippen LogP contribution in [0.15, 0.2) is 16.9 Å². The lowest BCUT2D eigenvalue weighted by Gasteiger charge is -2.57. The minimum absolute atomic E-state index is 0.0696. The lowest BCUT2D eigenvalue weighted by atomic mass is 9.48. The summed E-state index contributed by atoms with van der Waals surface area (Å²) < 4.78 is 12.0. The van der Waals surface area contributed by atoms with Crippen molar-refractivity contribution in [1.82, 2.24) is 14.9 Å². The molecule has 4 bridgehead atoms. The van der Waals surface area contributed by atoms with Crippen LogP contribution in [0.5, 0.6) is 0 Å². The number of hydrogen-bond acceptors (Lipinski definition) is 6. The van der Waals surface area contributed by atoms with Gasteiger partial charge in [-0.2, -0.15) is 0 Å². The fraction of sp³-hybridized carbons (Fsp3) is 0.714. The number of esters is 1. The monoisotopic (exact) mass is 463 g/mol. The first kappa shape index (κ1) is 19.3. The van der Waals surface area contributed by atoms with Gasteiger partial charge in [0.1, 0.15) is 11.9 Å². The third kappa shape index (κ3) is 3.33. The third-order valence-electron chi connectivity index (χ3n) is 7.49. The molecule has 2 heterocycles. The van der Waals surface area contributed by atoms with Crippen molar-refractivity contribution in [3.63, 3.8) is 0 Å². The number of carbonyl (C=O) groups excluding carboxylic acids is 2. The van der Waals surface area contributed by atoms with Gasteiger partial charge in [0, 0.05) is 31.4 Å². The van der Waals surface area contributed by atoms with Crippen molar-refractivity contribution in [2.75, 3.05) is 20.2 Å². The first-order valence-corrected chi connectivity index (χ1v) is 11.3.